The van der Waals surface area contributed by atoms with E-state index in [0.29, 0.717) is 24.4 Å². The highest BCUT2D eigenvalue weighted by Crippen LogP contribution is 2.34. The standard InChI is InChI=1S/C19H16N6O2/c1-11-18(27-10-22-11)19(26)25-7-6-14-16(21-9-20-14)17(25)15-8-12-4-2-3-5-13(12)23-24-15/h2-5,8-10,17H,6-7H2,1H3,(H,20,21)/t17-/m1/s1. The molecule has 0 spiro atoms. The molecule has 8 heteroatoms. The Morgan fingerprint density at radius 3 is 3.00 bits per heavy atom. The van der Waals surface area contributed by atoms with Crippen LogP contribution in [0, 0.1) is 6.92 Å². The highest BCUT2D eigenvalue weighted by molar-refractivity contribution is 5.93. The van der Waals surface area contributed by atoms with Crippen molar-refractivity contribution in [3.8, 4) is 0 Å². The van der Waals surface area contributed by atoms with Crippen LogP contribution in [-0.2, 0) is 6.42 Å². The Balaban J connectivity index is 1.64. The van der Waals surface area contributed by atoms with Gasteiger partial charge in [0.2, 0.25) is 5.76 Å². The number of amides is 1. The molecule has 0 saturated carbocycles. The molecule has 134 valence electrons. The monoisotopic (exact) mass is 360 g/mol. The Labute approximate surface area is 154 Å². The van der Waals surface area contributed by atoms with E-state index in [9.17, 15) is 4.79 Å². The van der Waals surface area contributed by atoms with E-state index in [-0.39, 0.29) is 11.7 Å². The van der Waals surface area contributed by atoms with Gasteiger partial charge in [0.05, 0.1) is 28.9 Å². The number of imidazole rings is 1. The number of H-pyrrole nitrogens is 1. The second-order valence-corrected chi connectivity index (χ2v) is 6.51. The van der Waals surface area contributed by atoms with Crippen LogP contribution < -0.4 is 0 Å². The van der Waals surface area contributed by atoms with Gasteiger partial charge in [-0.3, -0.25) is 4.79 Å². The van der Waals surface area contributed by atoms with Gasteiger partial charge >= 0.3 is 0 Å². The van der Waals surface area contributed by atoms with E-state index >= 15 is 0 Å². The second kappa shape index (κ2) is 6.01. The highest BCUT2D eigenvalue weighted by atomic mass is 16.3. The van der Waals surface area contributed by atoms with E-state index in [4.69, 9.17) is 4.42 Å². The Morgan fingerprint density at radius 2 is 2.15 bits per heavy atom. The van der Waals surface area contributed by atoms with Crippen LogP contribution in [0.1, 0.15) is 39.4 Å². The fourth-order valence-corrected chi connectivity index (χ4v) is 3.57. The van der Waals surface area contributed by atoms with E-state index in [2.05, 4.69) is 25.1 Å². The van der Waals surface area contributed by atoms with Crippen LogP contribution in [0.4, 0.5) is 0 Å². The molecule has 4 heterocycles. The molecule has 0 aliphatic carbocycles. The van der Waals surface area contributed by atoms with Crippen molar-refractivity contribution in [2.75, 3.05) is 6.54 Å². The average Bonchev–Trinajstić information content (AvgIpc) is 3.35. The molecule has 1 amide bonds. The summed E-state index contributed by atoms with van der Waals surface area (Å²) in [6.07, 6.45) is 3.63. The summed E-state index contributed by atoms with van der Waals surface area (Å²) in [5, 5.41) is 9.69. The molecule has 1 aromatic carbocycles. The third-order valence-corrected chi connectivity index (χ3v) is 4.92. The first-order valence-electron chi connectivity index (χ1n) is 8.68. The van der Waals surface area contributed by atoms with Crippen molar-refractivity contribution in [3.05, 3.63) is 71.6 Å². The number of hydrogen-bond acceptors (Lipinski definition) is 6. The SMILES string of the molecule is Cc1ncoc1C(=O)N1CCc2[nH]cnc2[C@H]1c1cc2ccccc2nn1. The summed E-state index contributed by atoms with van der Waals surface area (Å²) in [6.45, 7) is 2.28. The van der Waals surface area contributed by atoms with Gasteiger partial charge in [-0.25, -0.2) is 9.97 Å². The Kier molecular flexibility index (Phi) is 3.49. The largest absolute Gasteiger partial charge is 0.438 e. The summed E-state index contributed by atoms with van der Waals surface area (Å²) in [6, 6.07) is 9.29. The molecule has 0 unspecified atom stereocenters. The number of fused-ring (bicyclic) bond motifs is 2. The molecule has 3 aromatic heterocycles. The number of rotatable bonds is 2. The van der Waals surface area contributed by atoms with Crippen LogP contribution in [0.2, 0.25) is 0 Å². The van der Waals surface area contributed by atoms with Gasteiger partial charge in [-0.15, -0.1) is 0 Å². The van der Waals surface area contributed by atoms with Crippen molar-refractivity contribution < 1.29 is 9.21 Å². The minimum absolute atomic E-state index is 0.224. The number of carbonyl (C=O) groups excluding carboxylic acids is 1. The van der Waals surface area contributed by atoms with Crippen molar-refractivity contribution in [1.82, 2.24) is 30.0 Å². The number of aryl methyl sites for hydroxylation is 1. The van der Waals surface area contributed by atoms with E-state index in [1.165, 1.54) is 6.39 Å². The predicted octanol–water partition coefficient (Wildman–Crippen LogP) is 2.44. The summed E-state index contributed by atoms with van der Waals surface area (Å²) >= 11 is 0. The number of hydrogen-bond donors (Lipinski definition) is 1. The number of benzene rings is 1. The van der Waals surface area contributed by atoms with Gasteiger partial charge in [0.25, 0.3) is 5.91 Å². The minimum atomic E-state index is -0.436. The first kappa shape index (κ1) is 15.7. The smallest absolute Gasteiger partial charge is 0.292 e. The lowest BCUT2D eigenvalue weighted by molar-refractivity contribution is 0.0653. The molecule has 1 N–H and O–H groups in total. The van der Waals surface area contributed by atoms with Crippen molar-refractivity contribution in [2.45, 2.75) is 19.4 Å². The van der Waals surface area contributed by atoms with Gasteiger partial charge in [-0.1, -0.05) is 18.2 Å². The maximum Gasteiger partial charge on any atom is 0.292 e. The van der Waals surface area contributed by atoms with Crippen molar-refractivity contribution in [1.29, 1.82) is 0 Å². The molecule has 0 saturated heterocycles. The quantitative estimate of drug-likeness (QED) is 0.589. The van der Waals surface area contributed by atoms with Crippen LogP contribution in [0.15, 0.2) is 47.5 Å². The zero-order chi connectivity index (χ0) is 18.4. The minimum Gasteiger partial charge on any atom is -0.438 e. The summed E-state index contributed by atoms with van der Waals surface area (Å²) < 4.78 is 5.34. The number of nitrogens with one attached hydrogen (secondary N) is 1. The zero-order valence-electron chi connectivity index (χ0n) is 14.6. The van der Waals surface area contributed by atoms with Crippen LogP contribution >= 0.6 is 0 Å². The Hall–Kier alpha value is -3.55. The molecule has 1 atom stereocenters. The summed E-state index contributed by atoms with van der Waals surface area (Å²) in [7, 11) is 0. The molecule has 1 aliphatic heterocycles. The molecule has 4 aromatic rings. The number of oxazole rings is 1. The first-order valence-corrected chi connectivity index (χ1v) is 8.68. The fourth-order valence-electron chi connectivity index (χ4n) is 3.57. The van der Waals surface area contributed by atoms with Gasteiger partial charge in [0.15, 0.2) is 6.39 Å². The summed E-state index contributed by atoms with van der Waals surface area (Å²) in [4.78, 5) is 26.6. The van der Waals surface area contributed by atoms with Gasteiger partial charge in [0.1, 0.15) is 6.04 Å². The molecule has 1 aliphatic rings. The molecule has 5 rings (SSSR count). The summed E-state index contributed by atoms with van der Waals surface area (Å²) in [5.41, 5.74) is 3.84. The fraction of sp³-hybridized carbons (Fsp3) is 0.211. The first-order chi connectivity index (χ1) is 13.2. The van der Waals surface area contributed by atoms with Gasteiger partial charge < -0.3 is 14.3 Å². The Morgan fingerprint density at radius 1 is 1.26 bits per heavy atom. The molecule has 0 fully saturated rings. The van der Waals surface area contributed by atoms with Gasteiger partial charge in [0, 0.05) is 24.0 Å². The summed E-state index contributed by atoms with van der Waals surface area (Å²) in [5.74, 6) is 0.0198. The Bertz CT molecular complexity index is 1150. The molecule has 0 bridgehead atoms. The normalized spacial score (nSPS) is 16.5. The number of carbonyl (C=O) groups is 1. The third-order valence-electron chi connectivity index (χ3n) is 4.92. The molecular weight excluding hydrogens is 344 g/mol. The number of aromatic nitrogens is 5. The highest BCUT2D eigenvalue weighted by Gasteiger charge is 2.37. The van der Waals surface area contributed by atoms with E-state index in [1.807, 2.05) is 30.3 Å². The lowest BCUT2D eigenvalue weighted by atomic mass is 9.98. The molecular formula is C19H16N6O2. The lowest BCUT2D eigenvalue weighted by Crippen LogP contribution is -2.41. The second-order valence-electron chi connectivity index (χ2n) is 6.51. The van der Waals surface area contributed by atoms with Crippen LogP contribution in [-0.4, -0.2) is 42.5 Å². The lowest BCUT2D eigenvalue weighted by Gasteiger charge is -2.33. The van der Waals surface area contributed by atoms with Crippen molar-refractivity contribution in [2.24, 2.45) is 0 Å². The molecule has 27 heavy (non-hydrogen) atoms. The van der Waals surface area contributed by atoms with Crippen LogP contribution in [0.3, 0.4) is 0 Å². The van der Waals surface area contributed by atoms with Crippen LogP contribution in [0.25, 0.3) is 10.9 Å². The maximum atomic E-state index is 13.2. The maximum absolute atomic E-state index is 13.2. The zero-order valence-corrected chi connectivity index (χ0v) is 14.6. The topological polar surface area (TPSA) is 101 Å². The molecule has 0 radical (unpaired) electrons. The van der Waals surface area contributed by atoms with Crippen LogP contribution in [0.5, 0.6) is 0 Å². The van der Waals surface area contributed by atoms with E-state index in [1.54, 1.807) is 18.2 Å². The van der Waals surface area contributed by atoms with Crippen molar-refractivity contribution in [3.63, 3.8) is 0 Å². The van der Waals surface area contributed by atoms with Crippen molar-refractivity contribution >= 4 is 16.8 Å². The van der Waals surface area contributed by atoms with E-state index in [0.717, 1.165) is 22.3 Å². The third kappa shape index (κ3) is 2.49. The number of nitrogens with zero attached hydrogens (tertiary/aromatic N) is 5. The predicted molar refractivity (Wildman–Crippen MR) is 95.9 cm³/mol. The van der Waals surface area contributed by atoms with E-state index < -0.39 is 6.04 Å². The molecule has 8 nitrogen and oxygen atoms in total. The number of aromatic amines is 1. The van der Waals surface area contributed by atoms with Gasteiger partial charge in [-0.05, 0) is 19.1 Å². The average molecular weight is 360 g/mol. The van der Waals surface area contributed by atoms with Gasteiger partial charge in [-0.2, -0.15) is 10.2 Å².